The van der Waals surface area contributed by atoms with Gasteiger partial charge in [0.2, 0.25) is 0 Å². The molecule has 0 bridgehead atoms. The molecule has 0 radical (unpaired) electrons. The lowest BCUT2D eigenvalue weighted by Crippen LogP contribution is -2.58. The molecule has 1 N–H and O–H groups in total. The van der Waals surface area contributed by atoms with Crippen LogP contribution in [0.2, 0.25) is 0 Å². The molecule has 5 nitrogen and oxygen atoms in total. The molecule has 1 aromatic carbocycles. The van der Waals surface area contributed by atoms with E-state index in [0.717, 1.165) is 17.7 Å². The summed E-state index contributed by atoms with van der Waals surface area (Å²) in [5.74, 6) is 0.667. The summed E-state index contributed by atoms with van der Waals surface area (Å²) in [6.07, 6.45) is 10.9. The van der Waals surface area contributed by atoms with Gasteiger partial charge in [-0.2, -0.15) is 0 Å². The highest BCUT2D eigenvalue weighted by atomic mass is 16.2. The van der Waals surface area contributed by atoms with E-state index in [1.54, 1.807) is 19.0 Å². The summed E-state index contributed by atoms with van der Waals surface area (Å²) in [6.45, 7) is 2.77. The molecule has 2 aliphatic heterocycles. The Kier molecular flexibility index (Phi) is 4.77. The summed E-state index contributed by atoms with van der Waals surface area (Å²) in [6, 6.07) is 7.76. The van der Waals surface area contributed by atoms with Crippen molar-refractivity contribution < 1.29 is 9.59 Å². The molecule has 1 unspecified atom stereocenters. The number of hydrogen-bond acceptors (Lipinski definition) is 3. The normalized spacial score (nSPS) is 26.8. The third-order valence-corrected chi connectivity index (χ3v) is 6.41. The molecule has 1 saturated carbocycles. The summed E-state index contributed by atoms with van der Waals surface area (Å²) in [5.41, 5.74) is 2.10. The topological polar surface area (TPSA) is 52.7 Å². The molecule has 148 valence electrons. The zero-order valence-electron chi connectivity index (χ0n) is 16.9. The molecular weight excluding hydrogens is 350 g/mol. The van der Waals surface area contributed by atoms with Crippen molar-refractivity contribution in [3.8, 4) is 0 Å². The summed E-state index contributed by atoms with van der Waals surface area (Å²) in [4.78, 5) is 29.2. The van der Waals surface area contributed by atoms with Crippen LogP contribution >= 0.6 is 0 Å². The van der Waals surface area contributed by atoms with Crippen molar-refractivity contribution in [2.24, 2.45) is 11.8 Å². The van der Waals surface area contributed by atoms with E-state index in [9.17, 15) is 9.59 Å². The standard InChI is InChI=1S/C23H29N3O2/c1-23-20(11-12-24-23)19(15-26(22(23)28)14-16-7-4-5-8-16)17-9-6-10-18(13-17)21(27)25(2)3/h6,9-13,15-16,20,24H,4-5,7-8,14H2,1-3H3/t20?,23-/m1/s1. The van der Waals surface area contributed by atoms with Crippen molar-refractivity contribution >= 4 is 17.4 Å². The van der Waals surface area contributed by atoms with Gasteiger partial charge < -0.3 is 15.1 Å². The Bertz CT molecular complexity index is 851. The van der Waals surface area contributed by atoms with Crippen LogP contribution in [0.15, 0.2) is 42.7 Å². The first-order valence-corrected chi connectivity index (χ1v) is 10.2. The third-order valence-electron chi connectivity index (χ3n) is 6.41. The predicted molar refractivity (Wildman–Crippen MR) is 110 cm³/mol. The number of amides is 2. The van der Waals surface area contributed by atoms with E-state index < -0.39 is 5.54 Å². The van der Waals surface area contributed by atoms with Crippen LogP contribution in [0.1, 0.15) is 48.5 Å². The van der Waals surface area contributed by atoms with Crippen LogP contribution in [0, 0.1) is 11.8 Å². The van der Waals surface area contributed by atoms with E-state index in [0.29, 0.717) is 11.5 Å². The monoisotopic (exact) mass is 379 g/mol. The van der Waals surface area contributed by atoms with Crippen LogP contribution in [0.3, 0.4) is 0 Å². The highest BCUT2D eigenvalue weighted by molar-refractivity contribution is 5.97. The molecule has 0 aromatic heterocycles. The van der Waals surface area contributed by atoms with Crippen LogP contribution in [0.4, 0.5) is 0 Å². The predicted octanol–water partition coefficient (Wildman–Crippen LogP) is 3.25. The van der Waals surface area contributed by atoms with E-state index in [2.05, 4.69) is 11.4 Å². The van der Waals surface area contributed by atoms with Gasteiger partial charge >= 0.3 is 0 Å². The second kappa shape index (κ2) is 7.12. The number of nitrogens with zero attached hydrogens (tertiary/aromatic N) is 2. The molecule has 1 fully saturated rings. The summed E-state index contributed by atoms with van der Waals surface area (Å²) in [5, 5.41) is 3.31. The largest absolute Gasteiger partial charge is 0.377 e. The highest BCUT2D eigenvalue weighted by Gasteiger charge is 2.49. The van der Waals surface area contributed by atoms with Gasteiger partial charge in [0.05, 0.1) is 0 Å². The average Bonchev–Trinajstić information content (AvgIpc) is 3.34. The highest BCUT2D eigenvalue weighted by Crippen LogP contribution is 2.42. The summed E-state index contributed by atoms with van der Waals surface area (Å²) < 4.78 is 0. The van der Waals surface area contributed by atoms with E-state index in [-0.39, 0.29) is 17.7 Å². The van der Waals surface area contributed by atoms with Crippen molar-refractivity contribution in [2.45, 2.75) is 38.1 Å². The third kappa shape index (κ3) is 3.13. The second-order valence-electron chi connectivity index (χ2n) is 8.66. The fourth-order valence-corrected chi connectivity index (χ4v) is 4.77. The van der Waals surface area contributed by atoms with Crippen molar-refractivity contribution in [2.75, 3.05) is 20.6 Å². The van der Waals surface area contributed by atoms with Crippen molar-refractivity contribution in [1.29, 1.82) is 0 Å². The van der Waals surface area contributed by atoms with Crippen LogP contribution in [-0.2, 0) is 4.79 Å². The van der Waals surface area contributed by atoms with Crippen LogP contribution in [0.25, 0.3) is 5.57 Å². The first kappa shape index (κ1) is 18.8. The van der Waals surface area contributed by atoms with Gasteiger partial charge in [-0.3, -0.25) is 9.59 Å². The summed E-state index contributed by atoms with van der Waals surface area (Å²) in [7, 11) is 3.52. The van der Waals surface area contributed by atoms with Gasteiger partial charge in [-0.15, -0.1) is 0 Å². The van der Waals surface area contributed by atoms with E-state index in [1.807, 2.05) is 48.5 Å². The maximum Gasteiger partial charge on any atom is 0.253 e. The van der Waals surface area contributed by atoms with Crippen molar-refractivity contribution in [1.82, 2.24) is 15.1 Å². The first-order chi connectivity index (χ1) is 13.4. The number of benzene rings is 1. The van der Waals surface area contributed by atoms with Gasteiger partial charge in [0.15, 0.2) is 0 Å². The molecule has 2 heterocycles. The molecule has 2 atom stereocenters. The SMILES string of the molecule is CN(C)C(=O)c1cccc(C2=CN(CC3CCCC3)C(=O)[C@]3(C)NC=CC23)c1. The number of nitrogens with one attached hydrogen (secondary N) is 1. The molecule has 1 aliphatic carbocycles. The lowest BCUT2D eigenvalue weighted by molar-refractivity contribution is -0.136. The lowest BCUT2D eigenvalue weighted by Gasteiger charge is -2.41. The van der Waals surface area contributed by atoms with Gasteiger partial charge in [-0.25, -0.2) is 0 Å². The van der Waals surface area contributed by atoms with Crippen molar-refractivity contribution in [3.63, 3.8) is 0 Å². The number of rotatable bonds is 4. The van der Waals surface area contributed by atoms with Gasteiger partial charge in [-0.05, 0) is 55.2 Å². The molecule has 1 aromatic rings. The van der Waals surface area contributed by atoms with E-state index in [4.69, 9.17) is 0 Å². The fourth-order valence-electron chi connectivity index (χ4n) is 4.77. The van der Waals surface area contributed by atoms with Crippen LogP contribution < -0.4 is 5.32 Å². The molecule has 4 rings (SSSR count). The van der Waals surface area contributed by atoms with Crippen molar-refractivity contribution in [3.05, 3.63) is 53.9 Å². The molecule has 0 spiro atoms. The Labute approximate surface area is 167 Å². The molecular formula is C23H29N3O2. The van der Waals surface area contributed by atoms with E-state index in [1.165, 1.54) is 25.7 Å². The Morgan fingerprint density at radius 2 is 2.04 bits per heavy atom. The minimum absolute atomic E-state index is 0.0139. The Balaban J connectivity index is 1.72. The lowest BCUT2D eigenvalue weighted by atomic mass is 9.76. The number of fused-ring (bicyclic) bond motifs is 1. The number of carbonyl (C=O) groups excluding carboxylic acids is 2. The molecule has 0 saturated heterocycles. The minimum Gasteiger partial charge on any atom is -0.377 e. The molecule has 28 heavy (non-hydrogen) atoms. The number of carbonyl (C=O) groups is 2. The quantitative estimate of drug-likeness (QED) is 0.874. The minimum atomic E-state index is -0.662. The van der Waals surface area contributed by atoms with Crippen LogP contribution in [0.5, 0.6) is 0 Å². The van der Waals surface area contributed by atoms with Gasteiger partial charge in [0.1, 0.15) is 5.54 Å². The summed E-state index contributed by atoms with van der Waals surface area (Å²) >= 11 is 0. The first-order valence-electron chi connectivity index (χ1n) is 10.2. The zero-order valence-corrected chi connectivity index (χ0v) is 16.9. The second-order valence-corrected chi connectivity index (χ2v) is 8.66. The molecule has 3 aliphatic rings. The smallest absolute Gasteiger partial charge is 0.253 e. The Morgan fingerprint density at radius 1 is 1.29 bits per heavy atom. The maximum atomic E-state index is 13.3. The number of hydrogen-bond donors (Lipinski definition) is 1. The Hall–Kier alpha value is -2.56. The zero-order chi connectivity index (χ0) is 19.9. The van der Waals surface area contributed by atoms with Gasteiger partial charge in [0, 0.05) is 38.3 Å². The van der Waals surface area contributed by atoms with E-state index >= 15 is 0 Å². The Morgan fingerprint density at radius 3 is 2.75 bits per heavy atom. The van der Waals surface area contributed by atoms with Gasteiger partial charge in [-0.1, -0.05) is 31.1 Å². The molecule has 2 amide bonds. The van der Waals surface area contributed by atoms with Gasteiger partial charge in [0.25, 0.3) is 11.8 Å². The maximum absolute atomic E-state index is 13.3. The average molecular weight is 380 g/mol. The fraction of sp³-hybridized carbons (Fsp3) is 0.478. The molecule has 5 heteroatoms. The van der Waals surface area contributed by atoms with Crippen LogP contribution in [-0.4, -0.2) is 47.8 Å².